The van der Waals surface area contributed by atoms with E-state index in [4.69, 9.17) is 4.74 Å². The van der Waals surface area contributed by atoms with Gasteiger partial charge in [-0.25, -0.2) is 9.18 Å². The molecule has 62 valence electrons. The van der Waals surface area contributed by atoms with Crippen LogP contribution in [-0.4, -0.2) is 5.97 Å². The van der Waals surface area contributed by atoms with Gasteiger partial charge in [-0.15, -0.1) is 0 Å². The van der Waals surface area contributed by atoms with Gasteiger partial charge in [0.05, 0.1) is 5.56 Å². The molecule has 0 saturated heterocycles. The van der Waals surface area contributed by atoms with Crippen molar-refractivity contribution in [2.75, 3.05) is 0 Å². The van der Waals surface area contributed by atoms with Gasteiger partial charge in [0.2, 0.25) is 0 Å². The number of alkyl halides is 1. The molecule has 0 N–H and O–H groups in total. The summed E-state index contributed by atoms with van der Waals surface area (Å²) in [5.41, 5.74) is 0.985. The standard InChI is InChI=1S/C8H4BrFO2/c9-7-5-2-1-4(10)3-6(5)8(11)12-7/h1-3,7H/t7-/m0/s1. The van der Waals surface area contributed by atoms with Crippen molar-refractivity contribution < 1.29 is 13.9 Å². The molecule has 1 aliphatic rings. The molecule has 0 amide bonds. The average molecular weight is 231 g/mol. The van der Waals surface area contributed by atoms with Crippen LogP contribution < -0.4 is 0 Å². The summed E-state index contributed by atoms with van der Waals surface area (Å²) in [6, 6.07) is 4.02. The van der Waals surface area contributed by atoms with Gasteiger partial charge in [0.25, 0.3) is 0 Å². The molecule has 1 aromatic carbocycles. The van der Waals surface area contributed by atoms with E-state index in [2.05, 4.69) is 15.9 Å². The summed E-state index contributed by atoms with van der Waals surface area (Å²) in [7, 11) is 0. The molecule has 0 spiro atoms. The summed E-state index contributed by atoms with van der Waals surface area (Å²) >= 11 is 3.14. The van der Waals surface area contributed by atoms with Crippen LogP contribution in [0.5, 0.6) is 0 Å². The second kappa shape index (κ2) is 2.55. The fourth-order valence-electron chi connectivity index (χ4n) is 1.12. The molecule has 0 aliphatic carbocycles. The number of halogens is 2. The molecule has 12 heavy (non-hydrogen) atoms. The summed E-state index contributed by atoms with van der Waals surface area (Å²) in [4.78, 5) is 11.0. The van der Waals surface area contributed by atoms with Crippen LogP contribution >= 0.6 is 15.9 Å². The van der Waals surface area contributed by atoms with Crippen molar-refractivity contribution in [2.45, 2.75) is 5.01 Å². The third-order valence-corrected chi connectivity index (χ3v) is 2.37. The van der Waals surface area contributed by atoms with Crippen LogP contribution in [0.15, 0.2) is 18.2 Å². The van der Waals surface area contributed by atoms with E-state index in [9.17, 15) is 9.18 Å². The van der Waals surface area contributed by atoms with Crippen LogP contribution in [0.4, 0.5) is 4.39 Å². The van der Waals surface area contributed by atoms with E-state index in [0.29, 0.717) is 11.1 Å². The number of hydrogen-bond donors (Lipinski definition) is 0. The number of benzene rings is 1. The van der Waals surface area contributed by atoms with Crippen molar-refractivity contribution in [1.82, 2.24) is 0 Å². The molecule has 2 nitrogen and oxygen atoms in total. The fraction of sp³-hybridized carbons (Fsp3) is 0.125. The quantitative estimate of drug-likeness (QED) is 0.506. The van der Waals surface area contributed by atoms with Gasteiger partial charge in [0.1, 0.15) is 5.82 Å². The van der Waals surface area contributed by atoms with Crippen molar-refractivity contribution in [2.24, 2.45) is 0 Å². The maximum Gasteiger partial charge on any atom is 0.340 e. The van der Waals surface area contributed by atoms with Gasteiger partial charge < -0.3 is 4.74 Å². The molecule has 1 heterocycles. The highest BCUT2D eigenvalue weighted by Crippen LogP contribution is 2.34. The zero-order valence-corrected chi connectivity index (χ0v) is 7.47. The molecular formula is C8H4BrFO2. The molecule has 1 aromatic rings. The zero-order valence-electron chi connectivity index (χ0n) is 5.88. The first-order valence-electron chi connectivity index (χ1n) is 3.33. The Labute approximate surface area is 76.5 Å². The minimum atomic E-state index is -0.480. The van der Waals surface area contributed by atoms with E-state index < -0.39 is 16.8 Å². The molecule has 0 saturated carbocycles. The van der Waals surface area contributed by atoms with Crippen molar-refractivity contribution in [3.63, 3.8) is 0 Å². The van der Waals surface area contributed by atoms with Crippen LogP contribution in [0.1, 0.15) is 20.9 Å². The highest BCUT2D eigenvalue weighted by molar-refractivity contribution is 9.09. The smallest absolute Gasteiger partial charge is 0.340 e. The number of hydrogen-bond acceptors (Lipinski definition) is 2. The van der Waals surface area contributed by atoms with E-state index in [0.717, 1.165) is 0 Å². The largest absolute Gasteiger partial charge is 0.442 e. The Morgan fingerprint density at radius 1 is 1.50 bits per heavy atom. The topological polar surface area (TPSA) is 26.3 Å². The van der Waals surface area contributed by atoms with Gasteiger partial charge in [-0.05, 0) is 28.1 Å². The van der Waals surface area contributed by atoms with Crippen molar-refractivity contribution in [1.29, 1.82) is 0 Å². The number of carbonyl (C=O) groups excluding carboxylic acids is 1. The van der Waals surface area contributed by atoms with Crippen molar-refractivity contribution in [3.05, 3.63) is 35.1 Å². The maximum absolute atomic E-state index is 12.6. The highest BCUT2D eigenvalue weighted by atomic mass is 79.9. The van der Waals surface area contributed by atoms with Gasteiger partial charge in [-0.3, -0.25) is 0 Å². The summed E-state index contributed by atoms with van der Waals surface area (Å²) in [5.74, 6) is -0.904. The first-order valence-corrected chi connectivity index (χ1v) is 4.24. The number of cyclic esters (lactones) is 1. The van der Waals surface area contributed by atoms with Gasteiger partial charge in [0, 0.05) is 5.56 Å². The predicted molar refractivity (Wildman–Crippen MR) is 43.5 cm³/mol. The lowest BCUT2D eigenvalue weighted by Crippen LogP contribution is -1.93. The van der Waals surface area contributed by atoms with Crippen LogP contribution in [-0.2, 0) is 4.74 Å². The third-order valence-electron chi connectivity index (χ3n) is 1.69. The van der Waals surface area contributed by atoms with Crippen molar-refractivity contribution in [3.8, 4) is 0 Å². The predicted octanol–water partition coefficient (Wildman–Crippen LogP) is 2.39. The molecule has 0 unspecified atom stereocenters. The highest BCUT2D eigenvalue weighted by Gasteiger charge is 2.28. The maximum atomic E-state index is 12.6. The van der Waals surface area contributed by atoms with Gasteiger partial charge in [0.15, 0.2) is 5.01 Å². The Morgan fingerprint density at radius 3 is 3.00 bits per heavy atom. The summed E-state index contributed by atoms with van der Waals surface area (Å²) in [6.45, 7) is 0. The summed E-state index contributed by atoms with van der Waals surface area (Å²) in [5, 5.41) is -0.430. The molecule has 1 aliphatic heterocycles. The van der Waals surface area contributed by atoms with Gasteiger partial charge >= 0.3 is 5.97 Å². The second-order valence-corrected chi connectivity index (χ2v) is 3.28. The molecule has 0 radical (unpaired) electrons. The number of carbonyl (C=O) groups is 1. The first kappa shape index (κ1) is 7.73. The molecule has 0 aromatic heterocycles. The lowest BCUT2D eigenvalue weighted by atomic mass is 10.1. The Hall–Kier alpha value is -0.900. The second-order valence-electron chi connectivity index (χ2n) is 2.45. The van der Waals surface area contributed by atoms with E-state index >= 15 is 0 Å². The Balaban J connectivity index is 2.60. The van der Waals surface area contributed by atoms with E-state index in [1.807, 2.05) is 0 Å². The summed E-state index contributed by atoms with van der Waals surface area (Å²) < 4.78 is 17.4. The van der Waals surface area contributed by atoms with Gasteiger partial charge in [-0.2, -0.15) is 0 Å². The Morgan fingerprint density at radius 2 is 2.25 bits per heavy atom. The monoisotopic (exact) mass is 230 g/mol. The van der Waals surface area contributed by atoms with E-state index in [-0.39, 0.29) is 0 Å². The van der Waals surface area contributed by atoms with Crippen LogP contribution in [0, 0.1) is 5.82 Å². The number of rotatable bonds is 0. The lowest BCUT2D eigenvalue weighted by Gasteiger charge is -1.98. The SMILES string of the molecule is O=C1O[C@H](Br)c2ccc(F)cc21. The Bertz CT molecular complexity index is 351. The number of fused-ring (bicyclic) bond motifs is 1. The van der Waals surface area contributed by atoms with Crippen LogP contribution in [0.3, 0.4) is 0 Å². The van der Waals surface area contributed by atoms with E-state index in [1.54, 1.807) is 0 Å². The average Bonchev–Trinajstić information content (AvgIpc) is 2.28. The minimum absolute atomic E-state index is 0.303. The van der Waals surface area contributed by atoms with Crippen molar-refractivity contribution >= 4 is 21.9 Å². The first-order chi connectivity index (χ1) is 5.68. The third kappa shape index (κ3) is 1.03. The number of ether oxygens (including phenoxy) is 1. The molecule has 0 fully saturated rings. The van der Waals surface area contributed by atoms with Crippen LogP contribution in [0.25, 0.3) is 0 Å². The molecule has 2 rings (SSSR count). The van der Waals surface area contributed by atoms with E-state index in [1.165, 1.54) is 18.2 Å². The number of esters is 1. The molecule has 1 atom stereocenters. The summed E-state index contributed by atoms with van der Waals surface area (Å²) in [6.07, 6.45) is 0. The molecule has 0 bridgehead atoms. The van der Waals surface area contributed by atoms with Crippen LogP contribution in [0.2, 0.25) is 0 Å². The normalized spacial score (nSPS) is 20.5. The molecule has 4 heteroatoms. The van der Waals surface area contributed by atoms with Gasteiger partial charge in [-0.1, -0.05) is 6.07 Å². The minimum Gasteiger partial charge on any atom is -0.442 e. The Kier molecular flexibility index (Phi) is 1.65. The molecular weight excluding hydrogens is 227 g/mol. The lowest BCUT2D eigenvalue weighted by molar-refractivity contribution is 0.0530. The fourth-order valence-corrected chi connectivity index (χ4v) is 1.69. The zero-order chi connectivity index (χ0) is 8.72.